The van der Waals surface area contributed by atoms with Crippen LogP contribution in [0, 0.1) is 0 Å². The first-order chi connectivity index (χ1) is 44.0. The van der Waals surface area contributed by atoms with E-state index in [1.165, 1.54) is 270 Å². The number of hydrogen-bond acceptors (Lipinski definition) is 8. The van der Waals surface area contributed by atoms with Crippen LogP contribution in [-0.4, -0.2) is 70.0 Å². The molecule has 0 aromatic rings. The highest BCUT2D eigenvalue weighted by Crippen LogP contribution is 2.38. The second kappa shape index (κ2) is 70.8. The molecule has 2 atom stereocenters. The Morgan fingerprint density at radius 3 is 0.944 bits per heavy atom. The van der Waals surface area contributed by atoms with E-state index < -0.39 is 26.5 Å². The van der Waals surface area contributed by atoms with Gasteiger partial charge in [-0.25, -0.2) is 0 Å². The highest BCUT2D eigenvalue weighted by Gasteiger charge is 2.22. The molecule has 0 aliphatic rings. The fourth-order valence-corrected chi connectivity index (χ4v) is 12.1. The Bertz CT molecular complexity index is 1750. The molecule has 9 nitrogen and oxygen atoms in total. The lowest BCUT2D eigenvalue weighted by Crippen LogP contribution is -2.37. The predicted octanol–water partition coefficient (Wildman–Crippen LogP) is 24.9. The van der Waals surface area contributed by atoms with Gasteiger partial charge in [0.15, 0.2) is 6.10 Å². The zero-order valence-corrected chi connectivity index (χ0v) is 61.0. The molecule has 0 saturated heterocycles. The summed E-state index contributed by atoms with van der Waals surface area (Å²) in [5, 5.41) is 0. The van der Waals surface area contributed by atoms with Crippen molar-refractivity contribution >= 4 is 19.8 Å². The predicted molar refractivity (Wildman–Crippen MR) is 388 cm³/mol. The van der Waals surface area contributed by atoms with Gasteiger partial charge in [-0.05, 0) is 83.5 Å². The lowest BCUT2D eigenvalue weighted by Gasteiger charge is -2.28. The fourth-order valence-electron chi connectivity index (χ4n) is 11.3. The van der Waals surface area contributed by atoms with Gasteiger partial charge in [-0.2, -0.15) is 0 Å². The summed E-state index contributed by atoms with van der Waals surface area (Å²) >= 11 is 0. The largest absolute Gasteiger partial charge is 0.756 e. The van der Waals surface area contributed by atoms with Crippen molar-refractivity contribution in [2.45, 2.75) is 380 Å². The molecule has 90 heavy (non-hydrogen) atoms. The van der Waals surface area contributed by atoms with Crippen LogP contribution in [0.2, 0.25) is 0 Å². The summed E-state index contributed by atoms with van der Waals surface area (Å²) in [5.41, 5.74) is 0. The SMILES string of the molecule is CC/C=C\C/C=C\C/C=C\C/C=C\CCCCCCCCCCCCCCC(=O)OC(COC(=O)CCCCCCCCCCCCCCCCCCCCCCCCCCCCCCC/C=C\C/C=C\CCCCCCC)COP(=O)([O-])OCC[N+](C)(C)C. The molecule has 0 spiro atoms. The first kappa shape index (κ1) is 87.5. The van der Waals surface area contributed by atoms with E-state index >= 15 is 0 Å². The van der Waals surface area contributed by atoms with E-state index in [0.29, 0.717) is 17.4 Å². The van der Waals surface area contributed by atoms with Crippen molar-refractivity contribution in [1.82, 2.24) is 0 Å². The van der Waals surface area contributed by atoms with E-state index in [9.17, 15) is 19.0 Å². The number of allylic oxidation sites excluding steroid dienone is 12. The molecule has 0 rings (SSSR count). The summed E-state index contributed by atoms with van der Waals surface area (Å²) in [5.74, 6) is -0.820. The van der Waals surface area contributed by atoms with E-state index in [-0.39, 0.29) is 32.0 Å². The number of hydrogen-bond donors (Lipinski definition) is 0. The van der Waals surface area contributed by atoms with Gasteiger partial charge in [-0.1, -0.05) is 350 Å². The molecule has 10 heteroatoms. The molecule has 0 heterocycles. The van der Waals surface area contributed by atoms with Crippen LogP contribution < -0.4 is 4.89 Å². The van der Waals surface area contributed by atoms with Crippen LogP contribution in [0.1, 0.15) is 373 Å². The summed E-state index contributed by atoms with van der Waals surface area (Å²) < 4.78 is 34.4. The van der Waals surface area contributed by atoms with Gasteiger partial charge >= 0.3 is 11.9 Å². The molecular formula is C80H148NO8P. The van der Waals surface area contributed by atoms with Crippen molar-refractivity contribution in [1.29, 1.82) is 0 Å². The maximum atomic E-state index is 12.9. The molecule has 0 radical (unpaired) electrons. The number of phosphoric acid groups is 1. The van der Waals surface area contributed by atoms with Crippen molar-refractivity contribution < 1.29 is 42.1 Å². The number of ether oxygens (including phenoxy) is 2. The smallest absolute Gasteiger partial charge is 0.306 e. The maximum absolute atomic E-state index is 12.9. The number of unbranched alkanes of at least 4 members (excludes halogenated alkanes) is 46. The number of esters is 2. The number of phosphoric ester groups is 1. The molecule has 0 aliphatic carbocycles. The molecule has 2 unspecified atom stereocenters. The van der Waals surface area contributed by atoms with Crippen molar-refractivity contribution in [3.05, 3.63) is 72.9 Å². The van der Waals surface area contributed by atoms with Crippen molar-refractivity contribution in [2.75, 3.05) is 47.5 Å². The topological polar surface area (TPSA) is 111 Å². The minimum Gasteiger partial charge on any atom is -0.756 e. The Hall–Kier alpha value is -2.55. The molecular weight excluding hydrogens is 1130 g/mol. The first-order valence-electron chi connectivity index (χ1n) is 38.6. The Labute approximate surface area is 559 Å². The van der Waals surface area contributed by atoms with Gasteiger partial charge in [-0.15, -0.1) is 0 Å². The van der Waals surface area contributed by atoms with Gasteiger partial charge in [0.25, 0.3) is 7.82 Å². The third-order valence-corrected chi connectivity index (χ3v) is 18.2. The zero-order valence-electron chi connectivity index (χ0n) is 60.1. The van der Waals surface area contributed by atoms with Gasteiger partial charge in [0.1, 0.15) is 19.8 Å². The minimum absolute atomic E-state index is 0.0311. The summed E-state index contributed by atoms with van der Waals surface area (Å²) in [6.45, 7) is 4.17. The average Bonchev–Trinajstić information content (AvgIpc) is 3.58. The number of rotatable bonds is 72. The highest BCUT2D eigenvalue weighted by atomic mass is 31.2. The highest BCUT2D eigenvalue weighted by molar-refractivity contribution is 7.45. The Balaban J connectivity index is 3.89. The molecule has 0 aromatic heterocycles. The van der Waals surface area contributed by atoms with Crippen LogP contribution >= 0.6 is 7.82 Å². The number of carbonyl (C=O) groups excluding carboxylic acids is 2. The average molecular weight is 1280 g/mol. The monoisotopic (exact) mass is 1280 g/mol. The lowest BCUT2D eigenvalue weighted by molar-refractivity contribution is -0.870. The van der Waals surface area contributed by atoms with Crippen molar-refractivity contribution in [3.8, 4) is 0 Å². The summed E-state index contributed by atoms with van der Waals surface area (Å²) in [7, 11) is 1.18. The molecule has 526 valence electrons. The molecule has 0 bridgehead atoms. The van der Waals surface area contributed by atoms with E-state index in [1.54, 1.807) is 0 Å². The third-order valence-electron chi connectivity index (χ3n) is 17.2. The van der Waals surface area contributed by atoms with Crippen LogP contribution in [0.3, 0.4) is 0 Å². The normalized spacial score (nSPS) is 13.4. The van der Waals surface area contributed by atoms with Gasteiger partial charge in [0, 0.05) is 12.8 Å². The third kappa shape index (κ3) is 74.5. The minimum atomic E-state index is -4.64. The zero-order chi connectivity index (χ0) is 65.5. The first-order valence-corrected chi connectivity index (χ1v) is 40.1. The molecule has 0 aromatic carbocycles. The quantitative estimate of drug-likeness (QED) is 0.0195. The molecule has 0 saturated carbocycles. The van der Waals surface area contributed by atoms with Crippen LogP contribution in [0.15, 0.2) is 72.9 Å². The second-order valence-electron chi connectivity index (χ2n) is 27.3. The van der Waals surface area contributed by atoms with Gasteiger partial charge in [0.05, 0.1) is 27.7 Å². The number of nitrogens with zero attached hydrogens (tertiary/aromatic N) is 1. The molecule has 0 amide bonds. The van der Waals surface area contributed by atoms with Gasteiger partial charge < -0.3 is 27.9 Å². The van der Waals surface area contributed by atoms with E-state index in [0.717, 1.165) is 70.6 Å². The number of likely N-dealkylation sites (N-methyl/N-ethyl adjacent to an activating group) is 1. The molecule has 0 fully saturated rings. The van der Waals surface area contributed by atoms with E-state index in [1.807, 2.05) is 21.1 Å². The van der Waals surface area contributed by atoms with E-state index in [4.69, 9.17) is 18.5 Å². The summed E-state index contributed by atoms with van der Waals surface area (Å²) in [6.07, 6.45) is 96.0. The number of quaternary nitrogens is 1. The fraction of sp³-hybridized carbons (Fsp3) is 0.825. The van der Waals surface area contributed by atoms with Crippen LogP contribution in [0.4, 0.5) is 0 Å². The van der Waals surface area contributed by atoms with Gasteiger partial charge in [-0.3, -0.25) is 14.2 Å². The van der Waals surface area contributed by atoms with Crippen LogP contribution in [-0.2, 0) is 32.7 Å². The number of carbonyl (C=O) groups is 2. The van der Waals surface area contributed by atoms with Crippen molar-refractivity contribution in [2.24, 2.45) is 0 Å². The maximum Gasteiger partial charge on any atom is 0.306 e. The second-order valence-corrected chi connectivity index (χ2v) is 28.8. The standard InChI is InChI=1S/C80H148NO8P/c1-6-8-10-12-14-16-18-20-22-24-26-28-30-32-33-34-35-36-37-38-39-40-41-42-43-44-45-46-47-49-50-52-54-56-58-60-62-64-66-68-70-72-79(82)86-76-78(77-88-90(84,85)87-75-74-81(3,4)5)89-80(83)73-71-69-67-65-63-61-59-57-55-53-51-48-31-29-27-25-23-21-19-17-15-13-11-9-7-2/h9,11,15,17-18,20-21,23-24,26-27,29,78H,6-8,10,12-14,16,19,22,25,28,30-77H2,1-5H3/b11-9-,17-15-,20-18-,23-21-,26-24-,29-27-. The summed E-state index contributed by atoms with van der Waals surface area (Å²) in [4.78, 5) is 38.1. The molecule has 0 aliphatic heterocycles. The lowest BCUT2D eigenvalue weighted by atomic mass is 10.0. The summed E-state index contributed by atoms with van der Waals surface area (Å²) in [6, 6.07) is 0. The van der Waals surface area contributed by atoms with E-state index in [2.05, 4.69) is 86.8 Å². The Morgan fingerprint density at radius 1 is 0.356 bits per heavy atom. The van der Waals surface area contributed by atoms with Crippen LogP contribution in [0.25, 0.3) is 0 Å². The van der Waals surface area contributed by atoms with Crippen LogP contribution in [0.5, 0.6) is 0 Å². The Morgan fingerprint density at radius 2 is 0.633 bits per heavy atom. The van der Waals surface area contributed by atoms with Crippen molar-refractivity contribution in [3.63, 3.8) is 0 Å². The van der Waals surface area contributed by atoms with Gasteiger partial charge in [0.2, 0.25) is 0 Å². The molecule has 0 N–H and O–H groups in total. The Kier molecular flexibility index (Phi) is 68.8.